The van der Waals surface area contributed by atoms with Crippen molar-refractivity contribution in [2.45, 2.75) is 38.6 Å². The highest BCUT2D eigenvalue weighted by Gasteiger charge is 2.55. The molecule has 1 aliphatic rings. The van der Waals surface area contributed by atoms with Gasteiger partial charge < -0.3 is 25.0 Å². The van der Waals surface area contributed by atoms with Crippen LogP contribution in [0, 0.1) is 5.92 Å². The van der Waals surface area contributed by atoms with Crippen molar-refractivity contribution in [1.82, 2.24) is 4.98 Å². The number of rotatable bonds is 5. The Morgan fingerprint density at radius 2 is 1.85 bits per heavy atom. The molecule has 0 radical (unpaired) electrons. The number of fused-ring (bicyclic) bond motifs is 1. The van der Waals surface area contributed by atoms with Crippen molar-refractivity contribution in [3.05, 3.63) is 47.5 Å². The first-order valence-electron chi connectivity index (χ1n) is 9.65. The molecule has 2 atom stereocenters. The number of aromatic nitrogens is 1. The van der Waals surface area contributed by atoms with Gasteiger partial charge in [0.2, 0.25) is 11.8 Å². The summed E-state index contributed by atoms with van der Waals surface area (Å²) < 4.78 is 34.6. The van der Waals surface area contributed by atoms with E-state index in [0.29, 0.717) is 0 Å². The normalized spacial score (nSPS) is 20.0. The fraction of sp³-hybridized carbons (Fsp3) is 0.333. The number of hydrogen-bond acceptors (Lipinski definition) is 7. The first-order valence-corrected chi connectivity index (χ1v) is 9.65. The zero-order valence-corrected chi connectivity index (χ0v) is 17.8. The van der Waals surface area contributed by atoms with Crippen molar-refractivity contribution < 1.29 is 42.9 Å². The van der Waals surface area contributed by atoms with E-state index in [9.17, 15) is 33.4 Å². The van der Waals surface area contributed by atoms with Crippen LogP contribution in [-0.4, -0.2) is 45.4 Å². The number of nitrogens with zero attached hydrogens (tertiary/aromatic N) is 1. The fourth-order valence-electron chi connectivity index (χ4n) is 3.46. The number of carboxylic acid groups (broad SMARTS) is 1. The first-order chi connectivity index (χ1) is 15.3. The Kier molecular flexibility index (Phi) is 6.23. The van der Waals surface area contributed by atoms with E-state index < -0.39 is 47.6 Å². The Morgan fingerprint density at radius 1 is 1.18 bits per heavy atom. The molecule has 1 aromatic carbocycles. The molecule has 2 amide bonds. The maximum absolute atomic E-state index is 12.6. The lowest BCUT2D eigenvalue weighted by Gasteiger charge is -2.39. The molecule has 1 aliphatic heterocycles. The van der Waals surface area contributed by atoms with Crippen molar-refractivity contribution in [3.8, 4) is 5.88 Å². The van der Waals surface area contributed by atoms with Gasteiger partial charge in [-0.2, -0.15) is 13.8 Å². The van der Waals surface area contributed by atoms with Gasteiger partial charge in [0.25, 0.3) is 0 Å². The van der Waals surface area contributed by atoms with E-state index in [-0.39, 0.29) is 22.6 Å². The predicted octanol–water partition coefficient (Wildman–Crippen LogP) is 2.92. The van der Waals surface area contributed by atoms with Gasteiger partial charge in [-0.05, 0) is 32.9 Å². The van der Waals surface area contributed by atoms with Crippen LogP contribution in [0.1, 0.15) is 31.9 Å². The summed E-state index contributed by atoms with van der Waals surface area (Å²) in [4.78, 5) is 40.8. The summed E-state index contributed by atoms with van der Waals surface area (Å²) >= 11 is 0. The highest BCUT2D eigenvalue weighted by atomic mass is 19.3. The molecule has 1 aromatic heterocycles. The van der Waals surface area contributed by atoms with E-state index in [1.54, 1.807) is 20.8 Å². The number of nitrogens with one attached hydrogen (secondary N) is 2. The number of halogens is 2. The van der Waals surface area contributed by atoms with E-state index >= 15 is 0 Å². The highest BCUT2D eigenvalue weighted by Crippen LogP contribution is 2.46. The number of carbonyl (C=O) groups excluding carboxylic acids is 2. The molecule has 4 N–H and O–H groups in total. The number of para-hydroxylation sites is 1. The Bertz CT molecular complexity index is 1100. The number of amides is 2. The summed E-state index contributed by atoms with van der Waals surface area (Å²) in [5.41, 5.74) is -3.76. The number of hydrogen-bond donors (Lipinski definition) is 4. The molecule has 2 heterocycles. The van der Waals surface area contributed by atoms with Crippen LogP contribution in [0.2, 0.25) is 0 Å². The molecule has 176 valence electrons. The number of aliphatic hydroxyl groups is 1. The van der Waals surface area contributed by atoms with Crippen molar-refractivity contribution >= 4 is 29.5 Å². The number of alkyl halides is 2. The molecule has 0 fully saturated rings. The topological polar surface area (TPSA) is 147 Å². The molecule has 0 aliphatic carbocycles. The van der Waals surface area contributed by atoms with Crippen molar-refractivity contribution in [3.63, 3.8) is 0 Å². The van der Waals surface area contributed by atoms with E-state index in [2.05, 4.69) is 20.4 Å². The molecule has 0 bridgehead atoms. The van der Waals surface area contributed by atoms with E-state index in [4.69, 9.17) is 4.74 Å². The van der Waals surface area contributed by atoms with Crippen LogP contribution >= 0.6 is 0 Å². The maximum Gasteiger partial charge on any atom is 0.412 e. The van der Waals surface area contributed by atoms with Gasteiger partial charge in [0, 0.05) is 17.2 Å². The van der Waals surface area contributed by atoms with Crippen LogP contribution < -0.4 is 15.4 Å². The third kappa shape index (κ3) is 4.85. The highest BCUT2D eigenvalue weighted by molar-refractivity contribution is 6.08. The van der Waals surface area contributed by atoms with Crippen LogP contribution in [0.3, 0.4) is 0 Å². The monoisotopic (exact) mass is 465 g/mol. The lowest BCUT2D eigenvalue weighted by atomic mass is 9.73. The average Bonchev–Trinajstić information content (AvgIpc) is 2.65. The average molecular weight is 465 g/mol. The maximum atomic E-state index is 12.6. The largest absolute Gasteiger partial charge is 0.481 e. The van der Waals surface area contributed by atoms with E-state index in [0.717, 1.165) is 12.1 Å². The second kappa shape index (κ2) is 8.62. The standard InChI is InChI=1S/C21H21F2N3O7/c1-20(2,3)33-19(30)24-12-7-5-4-6-10(12)21(31)11-8-9-13(32-18(22)23)25-15(11)26-16(27)14(21)17(28)29/h4-9,14,18,31H,1-3H3,(H,24,30)(H,28,29)(H,25,26,27). The van der Waals surface area contributed by atoms with Gasteiger partial charge in [-0.1, -0.05) is 18.2 Å². The summed E-state index contributed by atoms with van der Waals surface area (Å²) in [7, 11) is 0. The van der Waals surface area contributed by atoms with Crippen molar-refractivity contribution in [2.75, 3.05) is 10.6 Å². The Hall–Kier alpha value is -3.80. The van der Waals surface area contributed by atoms with Gasteiger partial charge in [0.15, 0.2) is 5.92 Å². The fourth-order valence-corrected chi connectivity index (χ4v) is 3.46. The van der Waals surface area contributed by atoms with Gasteiger partial charge in [-0.25, -0.2) is 4.79 Å². The van der Waals surface area contributed by atoms with Crippen molar-refractivity contribution in [1.29, 1.82) is 0 Å². The number of anilines is 2. The molecule has 3 rings (SSSR count). The molecule has 10 nitrogen and oxygen atoms in total. The minimum Gasteiger partial charge on any atom is -0.481 e. The minimum atomic E-state index is -3.20. The number of benzene rings is 1. The number of aliphatic carboxylic acids is 1. The van der Waals surface area contributed by atoms with Gasteiger partial charge >= 0.3 is 18.7 Å². The molecule has 0 saturated carbocycles. The van der Waals surface area contributed by atoms with Gasteiger partial charge in [-0.15, -0.1) is 0 Å². The van der Waals surface area contributed by atoms with Crippen LogP contribution in [-0.2, 0) is 19.9 Å². The second-order valence-corrected chi connectivity index (χ2v) is 8.12. The summed E-state index contributed by atoms with van der Waals surface area (Å²) in [5, 5.41) is 26.1. The third-order valence-corrected chi connectivity index (χ3v) is 4.63. The second-order valence-electron chi connectivity index (χ2n) is 8.12. The van der Waals surface area contributed by atoms with Crippen LogP contribution in [0.4, 0.5) is 25.1 Å². The minimum absolute atomic E-state index is 0.0333. The van der Waals surface area contributed by atoms with Crippen molar-refractivity contribution in [2.24, 2.45) is 5.92 Å². The van der Waals surface area contributed by atoms with E-state index in [1.807, 2.05) is 0 Å². The third-order valence-electron chi connectivity index (χ3n) is 4.63. The molecule has 0 spiro atoms. The Morgan fingerprint density at radius 3 is 2.45 bits per heavy atom. The number of carbonyl (C=O) groups is 3. The molecule has 0 saturated heterocycles. The lowest BCUT2D eigenvalue weighted by molar-refractivity contribution is -0.155. The van der Waals surface area contributed by atoms with E-state index in [1.165, 1.54) is 24.3 Å². The van der Waals surface area contributed by atoms with Gasteiger partial charge in [0.05, 0.1) is 5.69 Å². The smallest absolute Gasteiger partial charge is 0.412 e. The number of ether oxygens (including phenoxy) is 2. The zero-order chi connectivity index (χ0) is 24.6. The summed E-state index contributed by atoms with van der Waals surface area (Å²) in [6.07, 6.45) is -0.885. The van der Waals surface area contributed by atoms with Crippen LogP contribution in [0.5, 0.6) is 5.88 Å². The zero-order valence-electron chi connectivity index (χ0n) is 17.8. The first kappa shape index (κ1) is 23.9. The molecule has 2 aromatic rings. The molecule has 2 unspecified atom stereocenters. The SMILES string of the molecule is CC(C)(C)OC(=O)Nc1ccccc1C1(O)c2ccc(OC(F)F)nc2NC(=O)C1C(=O)O. The van der Waals surface area contributed by atoms with Gasteiger partial charge in [0.1, 0.15) is 17.0 Å². The summed E-state index contributed by atoms with van der Waals surface area (Å²) in [5.74, 6) is -5.80. The Labute approximate surface area is 186 Å². The van der Waals surface area contributed by atoms with Crippen LogP contribution in [0.15, 0.2) is 36.4 Å². The van der Waals surface area contributed by atoms with Gasteiger partial charge in [-0.3, -0.25) is 14.9 Å². The summed E-state index contributed by atoms with van der Waals surface area (Å²) in [6.45, 7) is 1.72. The van der Waals surface area contributed by atoms with Crippen LogP contribution in [0.25, 0.3) is 0 Å². The summed E-state index contributed by atoms with van der Waals surface area (Å²) in [6, 6.07) is 7.77. The molecular weight excluding hydrogens is 444 g/mol. The Balaban J connectivity index is 2.17. The molecule has 33 heavy (non-hydrogen) atoms. The number of carboxylic acids is 1. The quantitative estimate of drug-likeness (QED) is 0.493. The lowest BCUT2D eigenvalue weighted by Crippen LogP contribution is -2.52. The predicted molar refractivity (Wildman–Crippen MR) is 110 cm³/mol. The molecular formula is C21H21F2N3O7. The number of pyridine rings is 1. The molecule has 12 heteroatoms.